The van der Waals surface area contributed by atoms with E-state index in [0.29, 0.717) is 18.0 Å². The molecule has 0 saturated carbocycles. The van der Waals surface area contributed by atoms with Crippen molar-refractivity contribution in [1.82, 2.24) is 19.3 Å². The summed E-state index contributed by atoms with van der Waals surface area (Å²) >= 11 is 0. The maximum absolute atomic E-state index is 12.7. The van der Waals surface area contributed by atoms with E-state index in [0.717, 1.165) is 22.0 Å². The van der Waals surface area contributed by atoms with E-state index in [1.807, 2.05) is 58.8 Å². The molecule has 0 spiro atoms. The van der Waals surface area contributed by atoms with Crippen molar-refractivity contribution in [1.29, 1.82) is 0 Å². The Kier molecular flexibility index (Phi) is 4.09. The summed E-state index contributed by atoms with van der Waals surface area (Å²) in [5, 5.41) is 5.14. The van der Waals surface area contributed by atoms with Crippen molar-refractivity contribution in [2.24, 2.45) is 0 Å². The standard InChI is InChI=1S/C23H18N4O2/c1-16-6-8-17(9-7-16)23(28)20-12-22(29-25-20)27-14-18(13-26-11-10-24-15-26)19-4-2-3-5-21(19)27/h2-12,14-15H,13H2,1H3. The van der Waals surface area contributed by atoms with E-state index in [9.17, 15) is 4.79 Å². The zero-order valence-electron chi connectivity index (χ0n) is 15.8. The average Bonchev–Trinajstić information content (AvgIpc) is 3.49. The maximum atomic E-state index is 12.7. The van der Waals surface area contributed by atoms with Crippen molar-refractivity contribution in [3.8, 4) is 5.88 Å². The number of imidazole rings is 1. The van der Waals surface area contributed by atoms with Gasteiger partial charge in [0.2, 0.25) is 11.7 Å². The van der Waals surface area contributed by atoms with Crippen LogP contribution < -0.4 is 0 Å². The van der Waals surface area contributed by atoms with Crippen LogP contribution in [0.1, 0.15) is 27.2 Å². The van der Waals surface area contributed by atoms with Crippen molar-refractivity contribution in [3.05, 3.63) is 102 Å². The van der Waals surface area contributed by atoms with Gasteiger partial charge in [-0.3, -0.25) is 9.36 Å². The van der Waals surface area contributed by atoms with Crippen molar-refractivity contribution >= 4 is 16.7 Å². The molecule has 0 fully saturated rings. The Morgan fingerprint density at radius 2 is 1.93 bits per heavy atom. The molecule has 142 valence electrons. The molecule has 0 N–H and O–H groups in total. The molecule has 0 saturated heterocycles. The third-order valence-corrected chi connectivity index (χ3v) is 4.99. The number of nitrogens with zero attached hydrogens (tertiary/aromatic N) is 4. The summed E-state index contributed by atoms with van der Waals surface area (Å²) in [5.74, 6) is 0.351. The van der Waals surface area contributed by atoms with E-state index in [-0.39, 0.29) is 11.5 Å². The lowest BCUT2D eigenvalue weighted by Gasteiger charge is -1.99. The third-order valence-electron chi connectivity index (χ3n) is 4.99. The summed E-state index contributed by atoms with van der Waals surface area (Å²) in [7, 11) is 0. The second-order valence-electron chi connectivity index (χ2n) is 7.02. The van der Waals surface area contributed by atoms with E-state index in [4.69, 9.17) is 4.52 Å². The SMILES string of the molecule is Cc1ccc(C(=O)c2cc(-n3cc(Cn4ccnc4)c4ccccc43)on2)cc1. The number of carbonyl (C=O) groups excluding carboxylic acids is 1. The van der Waals surface area contributed by atoms with Gasteiger partial charge in [-0.05, 0) is 18.6 Å². The van der Waals surface area contributed by atoms with Crippen LogP contribution in [0, 0.1) is 6.92 Å². The number of ketones is 1. The number of fused-ring (bicyclic) bond motifs is 1. The zero-order chi connectivity index (χ0) is 19.8. The zero-order valence-corrected chi connectivity index (χ0v) is 15.8. The molecule has 0 aliphatic carbocycles. The number of hydrogen-bond donors (Lipinski definition) is 0. The van der Waals surface area contributed by atoms with Crippen LogP contribution in [0.5, 0.6) is 0 Å². The molecule has 0 radical (unpaired) electrons. The highest BCUT2D eigenvalue weighted by molar-refractivity contribution is 6.07. The van der Waals surface area contributed by atoms with Crippen LogP contribution in [0.25, 0.3) is 16.8 Å². The van der Waals surface area contributed by atoms with Crippen molar-refractivity contribution in [2.75, 3.05) is 0 Å². The topological polar surface area (TPSA) is 65.8 Å². The lowest BCUT2D eigenvalue weighted by Crippen LogP contribution is -2.01. The second kappa shape index (κ2) is 6.91. The monoisotopic (exact) mass is 382 g/mol. The minimum absolute atomic E-state index is 0.157. The van der Waals surface area contributed by atoms with E-state index in [2.05, 4.69) is 16.2 Å². The van der Waals surface area contributed by atoms with E-state index >= 15 is 0 Å². The molecule has 3 aromatic heterocycles. The van der Waals surface area contributed by atoms with Gasteiger partial charge < -0.3 is 9.09 Å². The fourth-order valence-corrected chi connectivity index (χ4v) is 3.47. The minimum Gasteiger partial charge on any atom is -0.337 e. The summed E-state index contributed by atoms with van der Waals surface area (Å²) < 4.78 is 9.49. The van der Waals surface area contributed by atoms with Crippen molar-refractivity contribution in [2.45, 2.75) is 13.5 Å². The first-order valence-corrected chi connectivity index (χ1v) is 9.32. The number of benzene rings is 2. The summed E-state index contributed by atoms with van der Waals surface area (Å²) in [6.45, 7) is 2.68. The molecule has 5 rings (SSSR count). The molecule has 3 heterocycles. The predicted molar refractivity (Wildman–Crippen MR) is 109 cm³/mol. The maximum Gasteiger partial charge on any atom is 0.236 e. The molecule has 0 bridgehead atoms. The Labute approximate surface area is 167 Å². The van der Waals surface area contributed by atoms with Crippen LogP contribution in [0.4, 0.5) is 0 Å². The molecule has 0 unspecified atom stereocenters. The highest BCUT2D eigenvalue weighted by Gasteiger charge is 2.18. The molecule has 0 atom stereocenters. The van der Waals surface area contributed by atoms with Gasteiger partial charge in [-0.1, -0.05) is 53.2 Å². The van der Waals surface area contributed by atoms with Gasteiger partial charge in [0.05, 0.1) is 18.4 Å². The number of aryl methyl sites for hydroxylation is 1. The molecule has 2 aromatic carbocycles. The van der Waals surface area contributed by atoms with Crippen LogP contribution in [0.15, 0.2) is 84.0 Å². The van der Waals surface area contributed by atoms with Crippen LogP contribution >= 0.6 is 0 Å². The molecule has 29 heavy (non-hydrogen) atoms. The Hall–Kier alpha value is -3.93. The van der Waals surface area contributed by atoms with Gasteiger partial charge in [0.25, 0.3) is 0 Å². The predicted octanol–water partition coefficient (Wildman–Crippen LogP) is 4.40. The largest absolute Gasteiger partial charge is 0.337 e. The number of hydrogen-bond acceptors (Lipinski definition) is 4. The second-order valence-corrected chi connectivity index (χ2v) is 7.02. The van der Waals surface area contributed by atoms with E-state index in [1.165, 1.54) is 0 Å². The first-order chi connectivity index (χ1) is 14.2. The fraction of sp³-hybridized carbons (Fsp3) is 0.0870. The van der Waals surface area contributed by atoms with Gasteiger partial charge in [-0.15, -0.1) is 0 Å². The Morgan fingerprint density at radius 3 is 2.72 bits per heavy atom. The lowest BCUT2D eigenvalue weighted by molar-refractivity contribution is 0.103. The first-order valence-electron chi connectivity index (χ1n) is 9.32. The first kappa shape index (κ1) is 17.2. The number of para-hydroxylation sites is 1. The third kappa shape index (κ3) is 3.14. The highest BCUT2D eigenvalue weighted by atomic mass is 16.5. The van der Waals surface area contributed by atoms with Crippen LogP contribution in [-0.2, 0) is 6.54 Å². The van der Waals surface area contributed by atoms with Crippen molar-refractivity contribution in [3.63, 3.8) is 0 Å². The quantitative estimate of drug-likeness (QED) is 0.423. The summed E-state index contributed by atoms with van der Waals surface area (Å²) in [6.07, 6.45) is 7.50. The summed E-state index contributed by atoms with van der Waals surface area (Å²) in [4.78, 5) is 16.9. The van der Waals surface area contributed by atoms with Crippen LogP contribution in [0.3, 0.4) is 0 Å². The van der Waals surface area contributed by atoms with Gasteiger partial charge in [0.1, 0.15) is 0 Å². The van der Waals surface area contributed by atoms with Crippen LogP contribution in [-0.4, -0.2) is 25.1 Å². The van der Waals surface area contributed by atoms with Crippen molar-refractivity contribution < 1.29 is 9.32 Å². The van der Waals surface area contributed by atoms with Gasteiger partial charge in [-0.2, -0.15) is 0 Å². The molecule has 6 nitrogen and oxygen atoms in total. The lowest BCUT2D eigenvalue weighted by atomic mass is 10.1. The fourth-order valence-electron chi connectivity index (χ4n) is 3.47. The Balaban J connectivity index is 1.53. The molecule has 6 heteroatoms. The molecule has 0 aliphatic heterocycles. The summed E-state index contributed by atoms with van der Waals surface area (Å²) in [5.41, 5.74) is 4.10. The number of rotatable bonds is 5. The van der Waals surface area contributed by atoms with Crippen LogP contribution in [0.2, 0.25) is 0 Å². The smallest absolute Gasteiger partial charge is 0.236 e. The molecule has 5 aromatic rings. The molecule has 0 amide bonds. The van der Waals surface area contributed by atoms with E-state index in [1.54, 1.807) is 30.7 Å². The summed E-state index contributed by atoms with van der Waals surface area (Å²) in [6, 6.07) is 17.2. The van der Waals surface area contributed by atoms with Gasteiger partial charge in [0.15, 0.2) is 5.69 Å². The average molecular weight is 382 g/mol. The van der Waals surface area contributed by atoms with Gasteiger partial charge >= 0.3 is 0 Å². The Bertz CT molecular complexity index is 1290. The normalized spacial score (nSPS) is 11.2. The highest BCUT2D eigenvalue weighted by Crippen LogP contribution is 2.26. The van der Waals surface area contributed by atoms with E-state index < -0.39 is 0 Å². The van der Waals surface area contributed by atoms with Gasteiger partial charge in [0, 0.05) is 35.6 Å². The minimum atomic E-state index is -0.157. The van der Waals surface area contributed by atoms with Gasteiger partial charge in [-0.25, -0.2) is 4.98 Å². The number of carbonyl (C=O) groups is 1. The molecule has 0 aliphatic rings. The number of aromatic nitrogens is 4. The molecular weight excluding hydrogens is 364 g/mol. The Morgan fingerprint density at radius 1 is 1.10 bits per heavy atom. The molecular formula is C23H18N4O2.